The first kappa shape index (κ1) is 13.6. The predicted octanol–water partition coefficient (Wildman–Crippen LogP) is 0.143. The lowest BCUT2D eigenvalue weighted by Gasteiger charge is -2.32. The van der Waals surface area contributed by atoms with Crippen LogP contribution in [-0.2, 0) is 22.1 Å². The monoisotopic (exact) mass is 280 g/mol. The van der Waals surface area contributed by atoms with E-state index in [4.69, 9.17) is 8.95 Å². The van der Waals surface area contributed by atoms with Crippen LogP contribution in [0.5, 0.6) is 0 Å². The van der Waals surface area contributed by atoms with Crippen molar-refractivity contribution in [3.05, 3.63) is 29.8 Å². The van der Waals surface area contributed by atoms with Gasteiger partial charge in [-0.2, -0.15) is 4.21 Å². The molecular formula is C12H12N2O4S. The summed E-state index contributed by atoms with van der Waals surface area (Å²) in [4.78, 5) is 25.9. The number of ether oxygens (including phenoxy) is 1. The molecular weight excluding hydrogens is 268 g/mol. The largest absolute Gasteiger partial charge is 0.377 e. The number of para-hydroxylation sites is 1. The molecule has 1 fully saturated rings. The third-order valence-electron chi connectivity index (χ3n) is 3.11. The van der Waals surface area contributed by atoms with E-state index in [1.54, 1.807) is 29.2 Å². The lowest BCUT2D eigenvalue weighted by Crippen LogP contribution is -2.52. The Morgan fingerprint density at radius 1 is 1.26 bits per heavy atom. The maximum absolute atomic E-state index is 12.3. The molecule has 1 atom stereocenters. The molecule has 0 aromatic heterocycles. The SMILES string of the molecule is O=C1Nc2ccccc2C(=O)N2CCOCC12.O=S. The number of hydrogen-bond acceptors (Lipinski definition) is 5. The average molecular weight is 280 g/mol. The first-order valence-corrected chi connectivity index (χ1v) is 6.06. The van der Waals surface area contributed by atoms with Crippen LogP contribution in [0, 0.1) is 0 Å². The molecule has 1 unspecified atom stereocenters. The maximum Gasteiger partial charge on any atom is 0.256 e. The number of carbonyl (C=O) groups is 2. The zero-order valence-electron chi connectivity index (χ0n) is 10.00. The van der Waals surface area contributed by atoms with Gasteiger partial charge in [-0.15, -0.1) is 0 Å². The molecule has 1 aromatic carbocycles. The van der Waals surface area contributed by atoms with E-state index in [0.29, 0.717) is 24.4 Å². The number of nitrogens with zero attached hydrogens (tertiary/aromatic N) is 1. The van der Waals surface area contributed by atoms with E-state index >= 15 is 0 Å². The van der Waals surface area contributed by atoms with E-state index in [0.717, 1.165) is 0 Å². The van der Waals surface area contributed by atoms with Crippen molar-refractivity contribution >= 4 is 30.0 Å². The van der Waals surface area contributed by atoms with Gasteiger partial charge in [0.1, 0.15) is 6.04 Å². The third kappa shape index (κ3) is 2.47. The smallest absolute Gasteiger partial charge is 0.256 e. The van der Waals surface area contributed by atoms with Crippen molar-refractivity contribution in [2.45, 2.75) is 6.04 Å². The molecule has 2 aliphatic rings. The van der Waals surface area contributed by atoms with Gasteiger partial charge < -0.3 is 15.0 Å². The van der Waals surface area contributed by atoms with Crippen LogP contribution in [0.4, 0.5) is 5.69 Å². The maximum atomic E-state index is 12.3. The summed E-state index contributed by atoms with van der Waals surface area (Å²) in [6.45, 7) is 1.22. The van der Waals surface area contributed by atoms with E-state index in [1.807, 2.05) is 0 Å². The Balaban J connectivity index is 0.000000637. The number of carbonyl (C=O) groups excluding carboxylic acids is 2. The second-order valence-electron chi connectivity index (χ2n) is 4.12. The second-order valence-corrected chi connectivity index (χ2v) is 4.12. The van der Waals surface area contributed by atoms with Crippen LogP contribution < -0.4 is 5.32 Å². The van der Waals surface area contributed by atoms with Gasteiger partial charge in [-0.05, 0) is 12.1 Å². The topological polar surface area (TPSA) is 75.7 Å². The molecule has 2 heterocycles. The standard InChI is InChI=1S/C12H12N2O3.OS/c15-11-10-7-17-6-5-14(10)12(16)8-3-1-2-4-9(8)13-11;1-2/h1-4,10H,5-7H2,(H,13,15);. The van der Waals surface area contributed by atoms with Crippen LogP contribution in [-0.4, -0.2) is 46.7 Å². The number of anilines is 1. The van der Waals surface area contributed by atoms with Crippen molar-refractivity contribution in [3.63, 3.8) is 0 Å². The normalized spacial score (nSPS) is 21.3. The molecule has 3 rings (SSSR count). The zero-order chi connectivity index (χ0) is 13.8. The Morgan fingerprint density at radius 3 is 2.79 bits per heavy atom. The first-order valence-electron chi connectivity index (χ1n) is 5.72. The summed E-state index contributed by atoms with van der Waals surface area (Å²) in [6, 6.07) is 6.56. The highest BCUT2D eigenvalue weighted by atomic mass is 32.1. The highest BCUT2D eigenvalue weighted by molar-refractivity contribution is 7.44. The first-order chi connectivity index (χ1) is 9.27. The molecule has 2 amide bonds. The Bertz CT molecular complexity index is 508. The highest BCUT2D eigenvalue weighted by Gasteiger charge is 2.37. The van der Waals surface area contributed by atoms with Gasteiger partial charge in [0.2, 0.25) is 5.91 Å². The number of benzene rings is 1. The van der Waals surface area contributed by atoms with Crippen LogP contribution in [0.2, 0.25) is 0 Å². The van der Waals surface area contributed by atoms with Gasteiger partial charge >= 0.3 is 0 Å². The van der Waals surface area contributed by atoms with Gasteiger partial charge in [0.15, 0.2) is 12.5 Å². The van der Waals surface area contributed by atoms with Gasteiger partial charge in [-0.25, -0.2) is 0 Å². The van der Waals surface area contributed by atoms with E-state index in [-0.39, 0.29) is 18.4 Å². The van der Waals surface area contributed by atoms with Crippen LogP contribution in [0.3, 0.4) is 0 Å². The quantitative estimate of drug-likeness (QED) is 0.732. The lowest BCUT2D eigenvalue weighted by atomic mass is 10.1. The summed E-state index contributed by atoms with van der Waals surface area (Å²) in [6.07, 6.45) is 0. The van der Waals surface area contributed by atoms with Crippen LogP contribution >= 0.6 is 0 Å². The minimum absolute atomic E-state index is 0.104. The second kappa shape index (κ2) is 5.85. The van der Waals surface area contributed by atoms with Gasteiger partial charge in [0, 0.05) is 6.54 Å². The van der Waals surface area contributed by atoms with Gasteiger partial charge in [-0.3, -0.25) is 9.59 Å². The molecule has 1 saturated heterocycles. The minimum atomic E-state index is -0.511. The molecule has 0 spiro atoms. The van der Waals surface area contributed by atoms with E-state index in [1.165, 1.54) is 0 Å². The van der Waals surface area contributed by atoms with Crippen molar-refractivity contribution < 1.29 is 18.5 Å². The van der Waals surface area contributed by atoms with E-state index in [9.17, 15) is 9.59 Å². The fraction of sp³-hybridized carbons (Fsp3) is 0.333. The number of nitrogens with one attached hydrogen (secondary N) is 1. The molecule has 19 heavy (non-hydrogen) atoms. The number of fused-ring (bicyclic) bond motifs is 2. The Morgan fingerprint density at radius 2 is 2.00 bits per heavy atom. The molecule has 0 aliphatic carbocycles. The Labute approximate surface area is 115 Å². The number of morpholine rings is 1. The lowest BCUT2D eigenvalue weighted by molar-refractivity contribution is -0.125. The summed E-state index contributed by atoms with van der Waals surface area (Å²) in [5.41, 5.74) is 1.13. The minimum Gasteiger partial charge on any atom is -0.377 e. The molecule has 1 aromatic rings. The number of rotatable bonds is 0. The molecule has 7 heteroatoms. The molecule has 6 nitrogen and oxygen atoms in total. The van der Waals surface area contributed by atoms with Crippen molar-refractivity contribution in [2.75, 3.05) is 25.1 Å². The fourth-order valence-electron chi connectivity index (χ4n) is 2.21. The molecule has 0 bridgehead atoms. The molecule has 2 aliphatic heterocycles. The third-order valence-corrected chi connectivity index (χ3v) is 3.11. The molecule has 1 N–H and O–H groups in total. The molecule has 0 radical (unpaired) electrons. The Kier molecular flexibility index (Phi) is 4.18. The van der Waals surface area contributed by atoms with Crippen LogP contribution in [0.25, 0.3) is 0 Å². The van der Waals surface area contributed by atoms with Crippen molar-refractivity contribution in [2.24, 2.45) is 0 Å². The summed E-state index contributed by atoms with van der Waals surface area (Å²) in [7, 11) is 0. The fourth-order valence-corrected chi connectivity index (χ4v) is 2.21. The van der Waals surface area contributed by atoms with Crippen molar-refractivity contribution in [1.82, 2.24) is 4.90 Å². The van der Waals surface area contributed by atoms with E-state index < -0.39 is 6.04 Å². The summed E-state index contributed by atoms with van der Waals surface area (Å²) < 4.78 is 13.1. The Hall–Kier alpha value is -1.86. The zero-order valence-corrected chi connectivity index (χ0v) is 10.8. The summed E-state index contributed by atoms with van der Waals surface area (Å²) >= 11 is 2.83. The predicted molar refractivity (Wildman–Crippen MR) is 68.9 cm³/mol. The van der Waals surface area contributed by atoms with Crippen molar-refractivity contribution in [3.8, 4) is 0 Å². The van der Waals surface area contributed by atoms with Crippen LogP contribution in [0.1, 0.15) is 10.4 Å². The van der Waals surface area contributed by atoms with Gasteiger partial charge in [0.05, 0.1) is 24.5 Å². The summed E-state index contributed by atoms with van der Waals surface area (Å²) in [5.74, 6) is -0.282. The average Bonchev–Trinajstić information content (AvgIpc) is 2.58. The molecule has 100 valence electrons. The van der Waals surface area contributed by atoms with Gasteiger partial charge in [-0.1, -0.05) is 12.1 Å². The van der Waals surface area contributed by atoms with Gasteiger partial charge in [0.25, 0.3) is 5.91 Å². The molecule has 0 saturated carbocycles. The number of amides is 2. The van der Waals surface area contributed by atoms with Crippen LogP contribution in [0.15, 0.2) is 24.3 Å². The number of hydrogen-bond donors (Lipinski definition) is 1. The summed E-state index contributed by atoms with van der Waals surface area (Å²) in [5, 5.41) is 2.77. The highest BCUT2D eigenvalue weighted by Crippen LogP contribution is 2.24. The van der Waals surface area contributed by atoms with Crippen molar-refractivity contribution in [1.29, 1.82) is 0 Å². The van der Waals surface area contributed by atoms with E-state index in [2.05, 4.69) is 17.9 Å².